The van der Waals surface area contributed by atoms with Gasteiger partial charge in [0, 0.05) is 37.2 Å². The van der Waals surface area contributed by atoms with Crippen molar-refractivity contribution in [3.8, 4) is 0 Å². The summed E-state index contributed by atoms with van der Waals surface area (Å²) in [6.45, 7) is 0. The molecule has 0 fully saturated rings. The molecule has 4 aromatic rings. The number of rotatable bonds is 4. The van der Waals surface area contributed by atoms with Gasteiger partial charge < -0.3 is 21.9 Å². The summed E-state index contributed by atoms with van der Waals surface area (Å²) in [7, 11) is -9.89. The third-order valence-electron chi connectivity index (χ3n) is 3.47. The Kier molecular flexibility index (Phi) is 32.1. The predicted molar refractivity (Wildman–Crippen MR) is 130 cm³/mol. The average Bonchev–Trinajstić information content (AvgIpc) is 2.87. The molecule has 21 heteroatoms. The molecule has 0 bridgehead atoms. The van der Waals surface area contributed by atoms with E-state index < -0.39 is 20.5 Å². The summed E-state index contributed by atoms with van der Waals surface area (Å²) in [5.74, 6) is 0. The van der Waals surface area contributed by atoms with E-state index >= 15 is 0 Å². The van der Waals surface area contributed by atoms with E-state index in [2.05, 4.69) is 29.9 Å². The molecule has 12 N–H and O–H groups in total. The first-order valence-corrected chi connectivity index (χ1v) is 12.3. The van der Waals surface area contributed by atoms with Crippen LogP contribution < -0.4 is 37.3 Å². The summed E-state index contributed by atoms with van der Waals surface area (Å²) >= 11 is 0. The Morgan fingerprint density at radius 1 is 0.465 bits per heavy atom. The topological polar surface area (TPSA) is 394 Å². The Morgan fingerprint density at radius 3 is 1.02 bits per heavy atom. The van der Waals surface area contributed by atoms with Gasteiger partial charge in [-0.3, -0.25) is 9.97 Å². The summed E-state index contributed by atoms with van der Waals surface area (Å²) in [4.78, 5) is 23.9. The molecule has 0 aliphatic heterocycles. The molecule has 0 amide bonds. The molecule has 0 unspecified atom stereocenters. The van der Waals surface area contributed by atoms with E-state index in [9.17, 15) is 0 Å². The monoisotopic (exact) mass is 754 g/mol. The maximum Gasteiger partial charge on any atom is 2.00 e. The van der Waals surface area contributed by atoms with Gasteiger partial charge in [0.05, 0.1) is 11.4 Å². The largest absolute Gasteiger partial charge is 2.00 e. The Balaban J connectivity index is -0.000000158. The second kappa shape index (κ2) is 27.8. The number of nitrogens with zero attached hydrogens (tertiary/aromatic N) is 6. The first kappa shape index (κ1) is 49.6. The number of pyridine rings is 2. The van der Waals surface area contributed by atoms with Crippen LogP contribution in [0, 0.1) is 20.5 Å². The van der Waals surface area contributed by atoms with Crippen molar-refractivity contribution in [3.63, 3.8) is 0 Å². The summed E-state index contributed by atoms with van der Waals surface area (Å²) < 4.78 is 67.9. The van der Waals surface area contributed by atoms with Gasteiger partial charge in [0.2, 0.25) is 0 Å². The zero-order valence-electron chi connectivity index (χ0n) is 22.1. The fourth-order valence-electron chi connectivity index (χ4n) is 2.11. The van der Waals surface area contributed by atoms with E-state index in [1.165, 1.54) is 12.7 Å². The van der Waals surface area contributed by atoms with E-state index in [1.807, 2.05) is 60.7 Å². The summed E-state index contributed by atoms with van der Waals surface area (Å²) in [6.07, 6.45) is 21.4. The zero-order valence-corrected chi connectivity index (χ0v) is 27.7. The van der Waals surface area contributed by atoms with Crippen LogP contribution in [0.4, 0.5) is 0 Å². The number of hydrogen-bond donors (Lipinski definition) is 0. The maximum absolute atomic E-state index is 8.49. The molecule has 18 nitrogen and oxygen atoms in total. The van der Waals surface area contributed by atoms with Crippen molar-refractivity contribution in [2.24, 2.45) is 0 Å². The molecule has 4 heterocycles. The fraction of sp³-hybridized carbons (Fsp3) is 0. The van der Waals surface area contributed by atoms with Crippen molar-refractivity contribution in [1.82, 2.24) is 29.9 Å². The second-order valence-electron chi connectivity index (χ2n) is 6.26. The van der Waals surface area contributed by atoms with Crippen LogP contribution in [-0.4, -0.2) is 29.9 Å². The van der Waals surface area contributed by atoms with Crippen LogP contribution in [0.1, 0.15) is 22.5 Å². The van der Waals surface area contributed by atoms with Gasteiger partial charge in [-0.2, -0.15) is 0 Å². The van der Waals surface area contributed by atoms with Crippen LogP contribution in [0.25, 0.3) is 24.3 Å². The summed E-state index contributed by atoms with van der Waals surface area (Å²) in [5, 5.41) is 0. The molecule has 4 rings (SSSR count). The number of halogens is 2. The van der Waals surface area contributed by atoms with Crippen LogP contribution in [0.2, 0.25) is 0 Å². The molecule has 0 aliphatic carbocycles. The minimum atomic E-state index is -4.94. The molecular weight excluding hydrogens is 724 g/mol. The van der Waals surface area contributed by atoms with Crippen LogP contribution in [-0.2, 0) is 49.2 Å². The van der Waals surface area contributed by atoms with E-state index in [-0.39, 0.29) is 49.2 Å². The molecule has 43 heavy (non-hydrogen) atoms. The SMILES string of the molecule is C(=C\c1ccncn1)/c1cccnc1.C(=C\c1ccncn1)/c1cccnc1.[Cd+2].[O-][Cl+3]([O-])([O-])[O-].[O-][Cl+3]([O-])([O-])[O-].[OH3+].[OH3+].[OH3+].[OH3+]. The quantitative estimate of drug-likeness (QED) is 0.138. The van der Waals surface area contributed by atoms with E-state index in [4.69, 9.17) is 37.3 Å². The van der Waals surface area contributed by atoms with Crippen LogP contribution in [0.3, 0.4) is 0 Å². The molecule has 0 saturated heterocycles. The Labute approximate surface area is 268 Å². The third-order valence-corrected chi connectivity index (χ3v) is 3.47. The average molecular weight is 754 g/mol. The van der Waals surface area contributed by atoms with Crippen molar-refractivity contribution >= 4 is 24.3 Å². The van der Waals surface area contributed by atoms with Gasteiger partial charge in [-0.25, -0.2) is 57.2 Å². The van der Waals surface area contributed by atoms with E-state index in [0.717, 1.165) is 22.5 Å². The second-order valence-corrected chi connectivity index (χ2v) is 7.78. The summed E-state index contributed by atoms with van der Waals surface area (Å²) in [6, 6.07) is 11.5. The van der Waals surface area contributed by atoms with E-state index in [1.54, 1.807) is 37.2 Å². The molecule has 232 valence electrons. The van der Waals surface area contributed by atoms with Gasteiger partial charge in [0.25, 0.3) is 0 Å². The first-order valence-electron chi connectivity index (χ1n) is 9.82. The Bertz CT molecular complexity index is 1020. The normalized spacial score (nSPS) is 9.67. The van der Waals surface area contributed by atoms with Crippen LogP contribution in [0.15, 0.2) is 86.2 Å². The Morgan fingerprint density at radius 2 is 0.791 bits per heavy atom. The molecule has 0 aliphatic rings. The molecule has 4 aromatic heterocycles. The van der Waals surface area contributed by atoms with Crippen molar-refractivity contribution in [1.29, 1.82) is 0 Å². The molecular formula is C22H30CdCl2N6O12+4. The van der Waals surface area contributed by atoms with Crippen molar-refractivity contribution in [3.05, 3.63) is 109 Å². The van der Waals surface area contributed by atoms with Gasteiger partial charge >= 0.3 is 27.3 Å². The smallest absolute Gasteiger partial charge is 0.457 e. The molecule has 0 aromatic carbocycles. The standard InChI is InChI=1S/2C11H9N3.Cd.2ClHO4.4H2O/c2*1-2-10(8-12-6-1)3-4-11-5-7-13-9-14-11;;2*2-1(3,4)5;;;;/h2*1-9H;;2*(H,2,3,4,5);4*1H2/q;;+2;;;;;;/p+2/b2*4-3+;;;;;;;. The minimum absolute atomic E-state index is 0. The fourth-order valence-corrected chi connectivity index (χ4v) is 2.11. The Hall–Kier alpha value is -3.04. The van der Waals surface area contributed by atoms with Crippen LogP contribution >= 0.6 is 0 Å². The molecule has 0 spiro atoms. The van der Waals surface area contributed by atoms with Gasteiger partial charge in [0.15, 0.2) is 0 Å². The van der Waals surface area contributed by atoms with Crippen molar-refractivity contribution in [2.45, 2.75) is 0 Å². The summed E-state index contributed by atoms with van der Waals surface area (Å²) in [5.41, 5.74) is 3.91. The van der Waals surface area contributed by atoms with Gasteiger partial charge in [-0.15, -0.1) is 20.5 Å². The first-order chi connectivity index (χ1) is 17.9. The van der Waals surface area contributed by atoms with Gasteiger partial charge in [0.1, 0.15) is 12.7 Å². The van der Waals surface area contributed by atoms with E-state index in [0.29, 0.717) is 0 Å². The van der Waals surface area contributed by atoms with Gasteiger partial charge in [-0.1, -0.05) is 24.3 Å². The minimum Gasteiger partial charge on any atom is -0.457 e. The van der Waals surface area contributed by atoms with Crippen molar-refractivity contribution < 1.29 is 107 Å². The number of hydrogen-bond acceptors (Lipinski definition) is 14. The predicted octanol–water partition coefficient (Wildman–Crippen LogP) is -9.12. The molecule has 0 atom stereocenters. The maximum atomic E-state index is 8.49. The zero-order chi connectivity index (χ0) is 28.3. The van der Waals surface area contributed by atoms with Gasteiger partial charge in [-0.05, 0) is 47.5 Å². The number of aromatic nitrogens is 6. The molecule has 0 saturated carbocycles. The van der Waals surface area contributed by atoms with Crippen molar-refractivity contribution in [2.75, 3.05) is 0 Å². The molecule has 0 radical (unpaired) electrons. The van der Waals surface area contributed by atoms with Crippen LogP contribution in [0.5, 0.6) is 0 Å². The third kappa shape index (κ3) is 35.1.